The van der Waals surface area contributed by atoms with Crippen molar-refractivity contribution in [3.05, 3.63) is 28.8 Å². The molecule has 0 spiro atoms. The number of sulfone groups is 1. The van der Waals surface area contributed by atoms with E-state index in [9.17, 15) is 13.2 Å². The number of ether oxygens (including phenoxy) is 1. The molecule has 1 heterocycles. The average Bonchev–Trinajstić information content (AvgIpc) is 2.68. The van der Waals surface area contributed by atoms with E-state index >= 15 is 0 Å². The topological polar surface area (TPSA) is 72.5 Å². The summed E-state index contributed by atoms with van der Waals surface area (Å²) in [6.45, 7) is 0. The maximum atomic E-state index is 11.6. The molecule has 0 bridgehead atoms. The lowest BCUT2D eigenvalue weighted by Gasteiger charge is -2.15. The van der Waals surface area contributed by atoms with Crippen LogP contribution < -0.4 is 5.32 Å². The number of hydrogen-bond acceptors (Lipinski definition) is 5. The summed E-state index contributed by atoms with van der Waals surface area (Å²) in [5.41, 5.74) is 0.845. The number of nitrogens with one attached hydrogen (secondary N) is 1. The summed E-state index contributed by atoms with van der Waals surface area (Å²) in [6, 6.07) is 4.54. The first-order chi connectivity index (χ1) is 8.91. The van der Waals surface area contributed by atoms with E-state index in [1.807, 2.05) is 0 Å². The van der Waals surface area contributed by atoms with Gasteiger partial charge in [-0.2, -0.15) is 0 Å². The van der Waals surface area contributed by atoms with Crippen molar-refractivity contribution in [2.45, 2.75) is 12.5 Å². The van der Waals surface area contributed by atoms with E-state index in [1.165, 1.54) is 7.11 Å². The van der Waals surface area contributed by atoms with E-state index in [4.69, 9.17) is 11.6 Å². The number of hydrogen-bond donors (Lipinski definition) is 1. The van der Waals surface area contributed by atoms with E-state index in [-0.39, 0.29) is 17.5 Å². The Hall–Kier alpha value is -1.27. The van der Waals surface area contributed by atoms with Crippen LogP contribution in [0.5, 0.6) is 0 Å². The number of carbonyl (C=O) groups excluding carboxylic acids is 1. The van der Waals surface area contributed by atoms with Gasteiger partial charge >= 0.3 is 5.97 Å². The molecule has 1 aromatic carbocycles. The Morgan fingerprint density at radius 1 is 1.47 bits per heavy atom. The summed E-state index contributed by atoms with van der Waals surface area (Å²) < 4.78 is 27.5. The van der Waals surface area contributed by atoms with Crippen molar-refractivity contribution < 1.29 is 17.9 Å². The molecule has 0 aliphatic carbocycles. The number of benzene rings is 1. The maximum absolute atomic E-state index is 11.6. The fourth-order valence-electron chi connectivity index (χ4n) is 2.05. The average molecular weight is 304 g/mol. The smallest absolute Gasteiger partial charge is 0.339 e. The summed E-state index contributed by atoms with van der Waals surface area (Å²) >= 11 is 5.90. The molecule has 0 amide bonds. The van der Waals surface area contributed by atoms with Gasteiger partial charge in [-0.15, -0.1) is 0 Å². The Kier molecular flexibility index (Phi) is 4.01. The summed E-state index contributed by atoms with van der Waals surface area (Å²) in [6.07, 6.45) is 0.523. The predicted molar refractivity (Wildman–Crippen MR) is 73.5 cm³/mol. The van der Waals surface area contributed by atoms with Gasteiger partial charge < -0.3 is 10.1 Å². The van der Waals surface area contributed by atoms with Crippen LogP contribution in [0, 0.1) is 0 Å². The van der Waals surface area contributed by atoms with Crippen molar-refractivity contribution in [3.8, 4) is 0 Å². The third kappa shape index (κ3) is 3.39. The van der Waals surface area contributed by atoms with Crippen molar-refractivity contribution in [2.75, 3.05) is 23.9 Å². The third-order valence-corrected chi connectivity index (χ3v) is 4.98. The molecule has 2 rings (SSSR count). The van der Waals surface area contributed by atoms with Crippen molar-refractivity contribution >= 4 is 33.1 Å². The molecule has 1 saturated heterocycles. The summed E-state index contributed by atoms with van der Waals surface area (Å²) in [5.74, 6) is -0.251. The van der Waals surface area contributed by atoms with Gasteiger partial charge in [0.15, 0.2) is 9.84 Å². The lowest BCUT2D eigenvalue weighted by atomic mass is 10.1. The van der Waals surface area contributed by atoms with Gasteiger partial charge in [0, 0.05) is 11.1 Å². The molecular formula is C12H14ClNO4S. The second kappa shape index (κ2) is 5.38. The van der Waals surface area contributed by atoms with Crippen molar-refractivity contribution in [3.63, 3.8) is 0 Å². The Balaban J connectivity index is 2.24. The number of esters is 1. The maximum Gasteiger partial charge on any atom is 0.339 e. The van der Waals surface area contributed by atoms with Gasteiger partial charge in [-0.3, -0.25) is 0 Å². The molecule has 0 saturated carbocycles. The monoisotopic (exact) mass is 303 g/mol. The van der Waals surface area contributed by atoms with Crippen molar-refractivity contribution in [1.29, 1.82) is 0 Å². The minimum absolute atomic E-state index is 0.0696. The van der Waals surface area contributed by atoms with Gasteiger partial charge in [0.25, 0.3) is 0 Å². The molecule has 1 unspecified atom stereocenters. The highest BCUT2D eigenvalue weighted by atomic mass is 35.5. The highest BCUT2D eigenvalue weighted by Gasteiger charge is 2.28. The minimum atomic E-state index is -2.98. The standard InChI is InChI=1S/C12H14ClNO4S/c1-18-12(15)10-3-2-8(13)6-11(10)14-9-4-5-19(16,17)7-9/h2-3,6,9,14H,4-5,7H2,1H3. The first-order valence-corrected chi connectivity index (χ1v) is 7.96. The van der Waals surface area contributed by atoms with Crippen molar-refractivity contribution in [1.82, 2.24) is 0 Å². The molecular weight excluding hydrogens is 290 g/mol. The molecule has 19 heavy (non-hydrogen) atoms. The van der Waals surface area contributed by atoms with Gasteiger partial charge in [0.1, 0.15) is 0 Å². The molecule has 0 aromatic heterocycles. The van der Waals surface area contributed by atoms with Crippen LogP contribution in [-0.4, -0.2) is 39.0 Å². The van der Waals surface area contributed by atoms with Gasteiger partial charge in [0.2, 0.25) is 0 Å². The fourth-order valence-corrected chi connectivity index (χ4v) is 3.90. The molecule has 1 N–H and O–H groups in total. The Labute approximate surface area is 116 Å². The van der Waals surface area contributed by atoms with Crippen LogP contribution >= 0.6 is 11.6 Å². The van der Waals surface area contributed by atoms with E-state index in [0.29, 0.717) is 22.7 Å². The SMILES string of the molecule is COC(=O)c1ccc(Cl)cc1NC1CCS(=O)(=O)C1. The van der Waals surface area contributed by atoms with Crippen LogP contribution in [0.15, 0.2) is 18.2 Å². The summed E-state index contributed by atoms with van der Waals surface area (Å²) in [5, 5.41) is 3.53. The molecule has 104 valence electrons. The van der Waals surface area contributed by atoms with Gasteiger partial charge in [-0.1, -0.05) is 11.6 Å². The summed E-state index contributed by atoms with van der Waals surface area (Å²) in [7, 11) is -1.68. The Bertz CT molecular complexity index is 600. The van der Waals surface area contributed by atoms with Crippen LogP contribution in [0.2, 0.25) is 5.02 Å². The van der Waals surface area contributed by atoms with Crippen LogP contribution in [0.3, 0.4) is 0 Å². The second-order valence-corrected chi connectivity index (χ2v) is 7.09. The predicted octanol–water partition coefficient (Wildman–Crippen LogP) is 1.73. The molecule has 7 heteroatoms. The van der Waals surface area contributed by atoms with E-state index < -0.39 is 15.8 Å². The Morgan fingerprint density at radius 2 is 2.21 bits per heavy atom. The Morgan fingerprint density at radius 3 is 2.79 bits per heavy atom. The molecule has 1 aromatic rings. The summed E-state index contributed by atoms with van der Waals surface area (Å²) in [4.78, 5) is 11.6. The highest BCUT2D eigenvalue weighted by Crippen LogP contribution is 2.25. The quantitative estimate of drug-likeness (QED) is 0.861. The normalized spacial score (nSPS) is 21.1. The number of rotatable bonds is 3. The third-order valence-electron chi connectivity index (χ3n) is 2.98. The number of methoxy groups -OCH3 is 1. The van der Waals surface area contributed by atoms with Gasteiger partial charge in [-0.25, -0.2) is 13.2 Å². The van der Waals surface area contributed by atoms with Crippen LogP contribution in [0.1, 0.15) is 16.8 Å². The molecule has 1 aliphatic heterocycles. The van der Waals surface area contributed by atoms with E-state index in [2.05, 4.69) is 10.1 Å². The first kappa shape index (κ1) is 14.1. The minimum Gasteiger partial charge on any atom is -0.465 e. The second-order valence-electron chi connectivity index (χ2n) is 4.43. The zero-order valence-electron chi connectivity index (χ0n) is 10.3. The van der Waals surface area contributed by atoms with Crippen LogP contribution in [0.25, 0.3) is 0 Å². The zero-order chi connectivity index (χ0) is 14.0. The molecule has 0 radical (unpaired) electrons. The lowest BCUT2D eigenvalue weighted by molar-refractivity contribution is 0.0602. The number of carbonyl (C=O) groups is 1. The van der Waals surface area contributed by atoms with Gasteiger partial charge in [0.05, 0.1) is 29.9 Å². The number of halogens is 1. The largest absolute Gasteiger partial charge is 0.465 e. The molecule has 1 atom stereocenters. The zero-order valence-corrected chi connectivity index (χ0v) is 11.9. The van der Waals surface area contributed by atoms with Gasteiger partial charge in [-0.05, 0) is 24.6 Å². The van der Waals surface area contributed by atoms with E-state index in [1.54, 1.807) is 18.2 Å². The molecule has 1 fully saturated rings. The van der Waals surface area contributed by atoms with Crippen molar-refractivity contribution in [2.24, 2.45) is 0 Å². The highest BCUT2D eigenvalue weighted by molar-refractivity contribution is 7.91. The van der Waals surface area contributed by atoms with Crippen LogP contribution in [-0.2, 0) is 14.6 Å². The van der Waals surface area contributed by atoms with E-state index in [0.717, 1.165) is 0 Å². The lowest BCUT2D eigenvalue weighted by Crippen LogP contribution is -2.22. The number of anilines is 1. The first-order valence-electron chi connectivity index (χ1n) is 5.76. The molecule has 1 aliphatic rings. The molecule has 5 nitrogen and oxygen atoms in total. The van der Waals surface area contributed by atoms with Crippen LogP contribution in [0.4, 0.5) is 5.69 Å². The fraction of sp³-hybridized carbons (Fsp3) is 0.417.